The number of hydrogen-bond acceptors (Lipinski definition) is 1. The Labute approximate surface area is 111 Å². The maximum atomic E-state index is 6.01. The summed E-state index contributed by atoms with van der Waals surface area (Å²) in [6.07, 6.45) is 0. The Hall–Kier alpha value is -1.17. The second kappa shape index (κ2) is 6.13. The van der Waals surface area contributed by atoms with Gasteiger partial charge >= 0.3 is 0 Å². The van der Waals surface area contributed by atoms with Gasteiger partial charge in [-0.05, 0) is 32.4 Å². The molecule has 0 spiro atoms. The Balaban J connectivity index is 2.44. The summed E-state index contributed by atoms with van der Waals surface area (Å²) in [6.45, 7) is 7.09. The minimum absolute atomic E-state index is 0.688. The van der Waals surface area contributed by atoms with Crippen molar-refractivity contribution in [1.29, 1.82) is 0 Å². The van der Waals surface area contributed by atoms with E-state index in [1.54, 1.807) is 0 Å². The van der Waals surface area contributed by atoms with E-state index in [4.69, 9.17) is 4.52 Å². The van der Waals surface area contributed by atoms with Crippen LogP contribution in [0.5, 0.6) is 0 Å². The monoisotopic (exact) mass is 258 g/mol. The predicted molar refractivity (Wildman–Crippen MR) is 80.2 cm³/mol. The van der Waals surface area contributed by atoms with Gasteiger partial charge in [0.15, 0.2) is 0 Å². The van der Waals surface area contributed by atoms with E-state index in [-0.39, 0.29) is 0 Å². The molecule has 0 aliphatic rings. The van der Waals surface area contributed by atoms with Crippen molar-refractivity contribution in [3.05, 3.63) is 59.7 Å². The van der Waals surface area contributed by atoms with Crippen LogP contribution in [0.4, 0.5) is 0 Å². The third-order valence-electron chi connectivity index (χ3n) is 2.83. The minimum Gasteiger partial charge on any atom is -0.350 e. The molecule has 0 aliphatic heterocycles. The van der Waals surface area contributed by atoms with E-state index >= 15 is 0 Å². The predicted octanol–water partition coefficient (Wildman–Crippen LogP) is 3.69. The van der Waals surface area contributed by atoms with Crippen molar-refractivity contribution in [2.45, 2.75) is 20.8 Å². The number of rotatable bonds is 4. The number of hydrogen-bond donors (Lipinski definition) is 0. The van der Waals surface area contributed by atoms with Gasteiger partial charge in [-0.2, -0.15) is 0 Å². The average molecular weight is 258 g/mol. The van der Waals surface area contributed by atoms with Gasteiger partial charge in [-0.1, -0.05) is 48.0 Å². The molecule has 0 saturated heterocycles. The van der Waals surface area contributed by atoms with E-state index in [9.17, 15) is 0 Å². The Kier molecular flexibility index (Phi) is 4.52. The van der Waals surface area contributed by atoms with Crippen LogP contribution in [-0.2, 0) is 4.52 Å². The van der Waals surface area contributed by atoms with Gasteiger partial charge in [-0.15, -0.1) is 0 Å². The summed E-state index contributed by atoms with van der Waals surface area (Å²) in [5.74, 6) is 0. The first kappa shape index (κ1) is 13.3. The van der Waals surface area contributed by atoms with Crippen molar-refractivity contribution < 1.29 is 4.52 Å². The van der Waals surface area contributed by atoms with Gasteiger partial charge in [0, 0.05) is 17.2 Å². The Morgan fingerprint density at radius 2 is 1.72 bits per heavy atom. The molecular formula is C16H19OP. The van der Waals surface area contributed by atoms with Gasteiger partial charge in [-0.3, -0.25) is 0 Å². The lowest BCUT2D eigenvalue weighted by Gasteiger charge is -2.20. The molecule has 1 nitrogen and oxygen atoms in total. The highest BCUT2D eigenvalue weighted by atomic mass is 31.1. The first-order valence-corrected chi connectivity index (χ1v) is 7.53. The van der Waals surface area contributed by atoms with E-state index in [0.717, 1.165) is 6.61 Å². The molecule has 2 heteroatoms. The van der Waals surface area contributed by atoms with Crippen LogP contribution in [0, 0.1) is 13.8 Å². The lowest BCUT2D eigenvalue weighted by atomic mass is 10.2. The SMILES string of the molecule is CCOP(c1ccccc1)c1cc(C)ccc1C. The lowest BCUT2D eigenvalue weighted by molar-refractivity contribution is 0.388. The molecule has 0 heterocycles. The quantitative estimate of drug-likeness (QED) is 0.760. The summed E-state index contributed by atoms with van der Waals surface area (Å²) < 4.78 is 6.01. The number of benzene rings is 2. The third kappa shape index (κ3) is 2.98. The second-order valence-electron chi connectivity index (χ2n) is 4.34. The van der Waals surface area contributed by atoms with Crippen molar-refractivity contribution in [1.82, 2.24) is 0 Å². The van der Waals surface area contributed by atoms with Crippen molar-refractivity contribution >= 4 is 18.8 Å². The highest BCUT2D eigenvalue weighted by Gasteiger charge is 2.16. The van der Waals surface area contributed by atoms with E-state index in [1.165, 1.54) is 21.7 Å². The van der Waals surface area contributed by atoms with Crippen LogP contribution in [0.3, 0.4) is 0 Å². The van der Waals surface area contributed by atoms with Gasteiger partial charge in [-0.25, -0.2) is 0 Å². The molecule has 0 aliphatic carbocycles. The molecule has 0 amide bonds. The van der Waals surface area contributed by atoms with E-state index in [2.05, 4.69) is 63.2 Å². The van der Waals surface area contributed by atoms with Gasteiger partial charge in [0.1, 0.15) is 0 Å². The maximum Gasteiger partial charge on any atom is 0.0920 e. The fourth-order valence-electron chi connectivity index (χ4n) is 1.91. The molecule has 0 radical (unpaired) electrons. The molecule has 0 aromatic heterocycles. The zero-order chi connectivity index (χ0) is 13.0. The zero-order valence-electron chi connectivity index (χ0n) is 11.2. The van der Waals surface area contributed by atoms with Crippen LogP contribution < -0.4 is 10.6 Å². The summed E-state index contributed by atoms with van der Waals surface area (Å²) in [7, 11) is -0.688. The molecule has 1 atom stereocenters. The second-order valence-corrected chi connectivity index (χ2v) is 6.18. The van der Waals surface area contributed by atoms with Crippen LogP contribution in [0.1, 0.15) is 18.1 Å². The van der Waals surface area contributed by atoms with Crippen molar-refractivity contribution in [3.63, 3.8) is 0 Å². The zero-order valence-corrected chi connectivity index (χ0v) is 12.1. The molecule has 18 heavy (non-hydrogen) atoms. The summed E-state index contributed by atoms with van der Waals surface area (Å²) >= 11 is 0. The van der Waals surface area contributed by atoms with Crippen LogP contribution in [0.25, 0.3) is 0 Å². The molecular weight excluding hydrogens is 239 g/mol. The van der Waals surface area contributed by atoms with Gasteiger partial charge in [0.05, 0.1) is 8.15 Å². The summed E-state index contributed by atoms with van der Waals surface area (Å²) in [4.78, 5) is 0. The summed E-state index contributed by atoms with van der Waals surface area (Å²) in [5.41, 5.74) is 2.60. The van der Waals surface area contributed by atoms with Crippen molar-refractivity contribution in [3.8, 4) is 0 Å². The molecule has 1 unspecified atom stereocenters. The molecule has 94 valence electrons. The van der Waals surface area contributed by atoms with Crippen molar-refractivity contribution in [2.24, 2.45) is 0 Å². The molecule has 0 saturated carbocycles. The van der Waals surface area contributed by atoms with E-state index < -0.39 is 8.15 Å². The molecule has 2 aromatic carbocycles. The van der Waals surface area contributed by atoms with Gasteiger partial charge < -0.3 is 4.52 Å². The molecule has 0 N–H and O–H groups in total. The molecule has 2 rings (SSSR count). The van der Waals surface area contributed by atoms with Crippen LogP contribution in [0.2, 0.25) is 0 Å². The first-order chi connectivity index (χ1) is 8.72. The highest BCUT2D eigenvalue weighted by molar-refractivity contribution is 7.68. The maximum absolute atomic E-state index is 6.01. The standard InChI is InChI=1S/C16H19OP/c1-4-17-18(15-8-6-5-7-9-15)16-12-13(2)10-11-14(16)3/h5-12H,4H2,1-3H3. The topological polar surface area (TPSA) is 9.23 Å². The van der Waals surface area contributed by atoms with Crippen LogP contribution in [-0.4, -0.2) is 6.61 Å². The fraction of sp³-hybridized carbons (Fsp3) is 0.250. The minimum atomic E-state index is -0.688. The average Bonchev–Trinajstić information content (AvgIpc) is 2.40. The molecule has 0 bridgehead atoms. The summed E-state index contributed by atoms with van der Waals surface area (Å²) in [6, 6.07) is 17.1. The van der Waals surface area contributed by atoms with Gasteiger partial charge in [0.2, 0.25) is 0 Å². The van der Waals surface area contributed by atoms with Crippen molar-refractivity contribution in [2.75, 3.05) is 6.61 Å². The molecule has 0 fully saturated rings. The lowest BCUT2D eigenvalue weighted by Crippen LogP contribution is -2.16. The fourth-order valence-corrected chi connectivity index (χ4v) is 3.90. The highest BCUT2D eigenvalue weighted by Crippen LogP contribution is 2.36. The Morgan fingerprint density at radius 1 is 1.00 bits per heavy atom. The van der Waals surface area contributed by atoms with E-state index in [0.29, 0.717) is 0 Å². The first-order valence-electron chi connectivity index (χ1n) is 6.27. The summed E-state index contributed by atoms with van der Waals surface area (Å²) in [5, 5.41) is 2.61. The van der Waals surface area contributed by atoms with Gasteiger partial charge in [0.25, 0.3) is 0 Å². The normalized spacial score (nSPS) is 12.4. The third-order valence-corrected chi connectivity index (χ3v) is 5.04. The molecule has 2 aromatic rings. The number of aryl methyl sites for hydroxylation is 2. The van der Waals surface area contributed by atoms with Crippen LogP contribution in [0.15, 0.2) is 48.5 Å². The largest absolute Gasteiger partial charge is 0.350 e. The van der Waals surface area contributed by atoms with E-state index in [1.807, 2.05) is 6.07 Å². The Bertz CT molecular complexity index is 508. The smallest absolute Gasteiger partial charge is 0.0920 e. The Morgan fingerprint density at radius 3 is 2.39 bits per heavy atom. The van der Waals surface area contributed by atoms with Crippen LogP contribution >= 0.6 is 8.15 Å².